The average molecular weight is 239 g/mol. The highest BCUT2D eigenvalue weighted by Gasteiger charge is 2.32. The molecule has 0 aromatic rings. The van der Waals surface area contributed by atoms with Gasteiger partial charge < -0.3 is 10.2 Å². The molecule has 0 radical (unpaired) electrons. The molecule has 6 nitrogen and oxygen atoms in total. The second kappa shape index (κ2) is 4.91. The van der Waals surface area contributed by atoms with E-state index >= 15 is 0 Å². The number of sulfonamides is 1. The van der Waals surface area contributed by atoms with E-state index in [9.17, 15) is 13.2 Å². The molecule has 15 heavy (non-hydrogen) atoms. The molecule has 0 bridgehead atoms. The summed E-state index contributed by atoms with van der Waals surface area (Å²) in [6.07, 6.45) is 0.221. The van der Waals surface area contributed by atoms with E-state index in [1.807, 2.05) is 0 Å². The largest absolute Gasteiger partial charge is 0.480 e. The molecule has 0 aliphatic carbocycles. The van der Waals surface area contributed by atoms with Crippen LogP contribution in [0, 0.1) is 0 Å². The van der Waals surface area contributed by atoms with Gasteiger partial charge in [0.2, 0.25) is 10.0 Å². The number of nitrogens with one attached hydrogen (secondary N) is 1. The molecule has 7 heteroatoms. The average Bonchev–Trinajstić information content (AvgIpc) is 2.00. The molecule has 1 unspecified atom stereocenters. The SMILES string of the molecule is CC(C(=O)O)S(=O)(=O)NC(C)(C)CCO. The molecule has 1 atom stereocenters. The molecule has 0 spiro atoms. The molecule has 0 saturated heterocycles. The first-order chi connectivity index (χ1) is 6.62. The van der Waals surface area contributed by atoms with E-state index in [1.54, 1.807) is 13.8 Å². The number of carboxylic acids is 1. The third-order valence-corrected chi connectivity index (χ3v) is 3.94. The van der Waals surface area contributed by atoms with Gasteiger partial charge in [-0.1, -0.05) is 0 Å². The molecule has 0 heterocycles. The summed E-state index contributed by atoms with van der Waals surface area (Å²) in [6.45, 7) is 4.08. The number of hydrogen-bond donors (Lipinski definition) is 3. The number of hydrogen-bond acceptors (Lipinski definition) is 4. The van der Waals surface area contributed by atoms with Crippen molar-refractivity contribution in [2.75, 3.05) is 6.61 Å². The lowest BCUT2D eigenvalue weighted by atomic mass is 10.0. The molecule has 0 aromatic heterocycles. The molecule has 0 fully saturated rings. The minimum atomic E-state index is -3.90. The van der Waals surface area contributed by atoms with Crippen molar-refractivity contribution in [2.45, 2.75) is 38.0 Å². The molecule has 90 valence electrons. The lowest BCUT2D eigenvalue weighted by Crippen LogP contribution is -2.49. The van der Waals surface area contributed by atoms with Gasteiger partial charge in [-0.05, 0) is 27.2 Å². The Morgan fingerprint density at radius 2 is 1.93 bits per heavy atom. The Labute approximate surface area is 89.4 Å². The standard InChI is InChI=1S/C8H17NO5S/c1-6(7(11)12)15(13,14)9-8(2,3)4-5-10/h6,9-10H,4-5H2,1-3H3,(H,11,12). The zero-order valence-corrected chi connectivity index (χ0v) is 9.84. The Kier molecular flexibility index (Phi) is 4.69. The summed E-state index contributed by atoms with van der Waals surface area (Å²) in [6, 6.07) is 0. The summed E-state index contributed by atoms with van der Waals surface area (Å²) in [7, 11) is -3.90. The number of carbonyl (C=O) groups is 1. The highest BCUT2D eigenvalue weighted by atomic mass is 32.2. The van der Waals surface area contributed by atoms with Crippen LogP contribution in [-0.2, 0) is 14.8 Å². The van der Waals surface area contributed by atoms with Crippen LogP contribution in [0.4, 0.5) is 0 Å². The van der Waals surface area contributed by atoms with Crippen molar-refractivity contribution in [2.24, 2.45) is 0 Å². The predicted octanol–water partition coefficient (Wildman–Crippen LogP) is -0.460. The smallest absolute Gasteiger partial charge is 0.323 e. The van der Waals surface area contributed by atoms with Crippen LogP contribution in [0.25, 0.3) is 0 Å². The molecule has 0 aliphatic rings. The van der Waals surface area contributed by atoms with Crippen molar-refractivity contribution in [3.05, 3.63) is 0 Å². The van der Waals surface area contributed by atoms with Gasteiger partial charge in [0.1, 0.15) is 0 Å². The van der Waals surface area contributed by atoms with Gasteiger partial charge >= 0.3 is 5.97 Å². The molecule has 0 rings (SSSR count). The first-order valence-corrected chi connectivity index (χ1v) is 6.03. The topological polar surface area (TPSA) is 104 Å². The second-order valence-corrected chi connectivity index (χ2v) is 5.99. The lowest BCUT2D eigenvalue weighted by molar-refractivity contribution is -0.136. The van der Waals surface area contributed by atoms with Gasteiger partial charge in [-0.15, -0.1) is 0 Å². The van der Waals surface area contributed by atoms with Gasteiger partial charge in [0.15, 0.2) is 5.25 Å². The van der Waals surface area contributed by atoms with Crippen molar-refractivity contribution in [3.8, 4) is 0 Å². The normalized spacial score (nSPS) is 14.9. The van der Waals surface area contributed by atoms with Gasteiger partial charge in [-0.3, -0.25) is 4.79 Å². The Bertz CT molecular complexity index is 322. The number of aliphatic hydroxyl groups is 1. The van der Waals surface area contributed by atoms with Crippen molar-refractivity contribution in [1.29, 1.82) is 0 Å². The second-order valence-electron chi connectivity index (χ2n) is 3.99. The van der Waals surface area contributed by atoms with Crippen LogP contribution in [0.5, 0.6) is 0 Å². The van der Waals surface area contributed by atoms with Gasteiger partial charge in [0, 0.05) is 12.1 Å². The fraction of sp³-hybridized carbons (Fsp3) is 0.875. The van der Waals surface area contributed by atoms with Crippen LogP contribution in [0.1, 0.15) is 27.2 Å². The van der Waals surface area contributed by atoms with Crippen molar-refractivity contribution in [3.63, 3.8) is 0 Å². The van der Waals surface area contributed by atoms with Gasteiger partial charge in [0.05, 0.1) is 0 Å². The van der Waals surface area contributed by atoms with E-state index in [4.69, 9.17) is 10.2 Å². The van der Waals surface area contributed by atoms with E-state index < -0.39 is 26.8 Å². The van der Waals surface area contributed by atoms with Crippen LogP contribution >= 0.6 is 0 Å². The molecular weight excluding hydrogens is 222 g/mol. The van der Waals surface area contributed by atoms with E-state index in [0.717, 1.165) is 6.92 Å². The maximum Gasteiger partial charge on any atom is 0.323 e. The summed E-state index contributed by atoms with van der Waals surface area (Å²) in [4.78, 5) is 10.5. The van der Waals surface area contributed by atoms with Crippen LogP contribution < -0.4 is 4.72 Å². The third-order valence-electron chi connectivity index (χ3n) is 1.97. The van der Waals surface area contributed by atoms with E-state index in [1.165, 1.54) is 0 Å². The Morgan fingerprint density at radius 3 is 2.27 bits per heavy atom. The van der Waals surface area contributed by atoms with E-state index in [2.05, 4.69) is 4.72 Å². The summed E-state index contributed by atoms with van der Waals surface area (Å²) >= 11 is 0. The fourth-order valence-corrected chi connectivity index (χ4v) is 2.25. The molecule has 0 saturated carbocycles. The summed E-state index contributed by atoms with van der Waals surface area (Å²) < 4.78 is 25.2. The quantitative estimate of drug-likeness (QED) is 0.582. The monoisotopic (exact) mass is 239 g/mol. The molecule has 0 amide bonds. The highest BCUT2D eigenvalue weighted by molar-refractivity contribution is 7.90. The number of aliphatic carboxylic acids is 1. The predicted molar refractivity (Wildman–Crippen MR) is 54.9 cm³/mol. The fourth-order valence-electron chi connectivity index (χ4n) is 0.937. The molecular formula is C8H17NO5S. The number of carboxylic acid groups (broad SMARTS) is 1. The Hall–Kier alpha value is -0.660. The Morgan fingerprint density at radius 1 is 1.47 bits per heavy atom. The van der Waals surface area contributed by atoms with Crippen molar-refractivity contribution < 1.29 is 23.4 Å². The van der Waals surface area contributed by atoms with Gasteiger partial charge in [0.25, 0.3) is 0 Å². The Balaban J connectivity index is 4.72. The summed E-state index contributed by atoms with van der Waals surface area (Å²) in [5.41, 5.74) is -0.850. The zero-order valence-electron chi connectivity index (χ0n) is 9.02. The van der Waals surface area contributed by atoms with Crippen LogP contribution in [-0.4, -0.2) is 42.0 Å². The number of aliphatic hydroxyl groups excluding tert-OH is 1. The minimum Gasteiger partial charge on any atom is -0.480 e. The van der Waals surface area contributed by atoms with E-state index in [-0.39, 0.29) is 13.0 Å². The first kappa shape index (κ1) is 14.3. The maximum absolute atomic E-state index is 11.5. The van der Waals surface area contributed by atoms with Gasteiger partial charge in [-0.25, -0.2) is 13.1 Å². The molecule has 0 aliphatic heterocycles. The number of rotatable bonds is 6. The van der Waals surface area contributed by atoms with Crippen LogP contribution in [0.15, 0.2) is 0 Å². The molecule has 3 N–H and O–H groups in total. The minimum absolute atomic E-state index is 0.170. The maximum atomic E-state index is 11.5. The first-order valence-electron chi connectivity index (χ1n) is 4.49. The van der Waals surface area contributed by atoms with E-state index in [0.29, 0.717) is 0 Å². The van der Waals surface area contributed by atoms with Crippen molar-refractivity contribution in [1.82, 2.24) is 4.72 Å². The third kappa shape index (κ3) is 4.59. The van der Waals surface area contributed by atoms with Gasteiger partial charge in [-0.2, -0.15) is 0 Å². The lowest BCUT2D eigenvalue weighted by Gasteiger charge is -2.26. The molecule has 0 aromatic carbocycles. The summed E-state index contributed by atoms with van der Waals surface area (Å²) in [5.74, 6) is -1.40. The van der Waals surface area contributed by atoms with Crippen molar-refractivity contribution >= 4 is 16.0 Å². The zero-order chi connectivity index (χ0) is 12.3. The summed E-state index contributed by atoms with van der Waals surface area (Å²) in [5, 5.41) is 15.8. The van der Waals surface area contributed by atoms with Crippen LogP contribution in [0.2, 0.25) is 0 Å². The van der Waals surface area contributed by atoms with Crippen LogP contribution in [0.3, 0.4) is 0 Å². The highest BCUT2D eigenvalue weighted by Crippen LogP contribution is 2.11.